The molecule has 28 heavy (non-hydrogen) atoms. The first-order chi connectivity index (χ1) is 13.3. The number of hydrogen-bond acceptors (Lipinski definition) is 1. The number of hydrogen-bond donors (Lipinski definition) is 1. The maximum absolute atomic E-state index is 11.0. The lowest BCUT2D eigenvalue weighted by atomic mass is 9.51. The summed E-state index contributed by atoms with van der Waals surface area (Å²) in [4.78, 5) is 0. The minimum absolute atomic E-state index is 0.0645. The van der Waals surface area contributed by atoms with Crippen molar-refractivity contribution in [1.82, 2.24) is 0 Å². The van der Waals surface area contributed by atoms with E-state index in [0.29, 0.717) is 11.3 Å². The topological polar surface area (TPSA) is 20.2 Å². The van der Waals surface area contributed by atoms with Crippen molar-refractivity contribution in [1.29, 1.82) is 0 Å². The first-order valence-electron chi connectivity index (χ1n) is 12.4. The van der Waals surface area contributed by atoms with E-state index in [1.807, 2.05) is 0 Å². The Morgan fingerprint density at radius 1 is 1.07 bits per heavy atom. The molecule has 158 valence electrons. The fourth-order valence-corrected chi connectivity index (χ4v) is 7.85. The van der Waals surface area contributed by atoms with E-state index in [0.717, 1.165) is 24.2 Å². The van der Waals surface area contributed by atoms with Crippen LogP contribution in [0.25, 0.3) is 0 Å². The van der Waals surface area contributed by atoms with E-state index >= 15 is 0 Å². The standard InChI is InChI=1S/C27H44O/c1-18(2)8-6-9-19(3)22-14-15-23-21-13-12-20-10-7-11-25(28)27(20,5)24(21)16-17-26(22,23)4/h15,18-20,22,25,28H,6-14,16-17H2,1-5H3/t19-,20?,22-,25?,26-,27+/m1/s1. The zero-order chi connectivity index (χ0) is 20.1. The van der Waals surface area contributed by atoms with Crippen LogP contribution in [0.3, 0.4) is 0 Å². The van der Waals surface area contributed by atoms with E-state index in [1.54, 1.807) is 16.7 Å². The lowest BCUT2D eigenvalue weighted by Gasteiger charge is -2.55. The van der Waals surface area contributed by atoms with Gasteiger partial charge in [-0.05, 0) is 85.2 Å². The van der Waals surface area contributed by atoms with Crippen LogP contribution in [0, 0.1) is 34.5 Å². The number of rotatable bonds is 5. The molecular weight excluding hydrogens is 340 g/mol. The van der Waals surface area contributed by atoms with Crippen molar-refractivity contribution in [3.63, 3.8) is 0 Å². The molecule has 1 heteroatoms. The van der Waals surface area contributed by atoms with Crippen LogP contribution in [-0.2, 0) is 0 Å². The first kappa shape index (κ1) is 20.7. The molecule has 0 spiro atoms. The molecule has 1 nitrogen and oxygen atoms in total. The van der Waals surface area contributed by atoms with Crippen LogP contribution in [0.5, 0.6) is 0 Å². The summed E-state index contributed by atoms with van der Waals surface area (Å²) in [6, 6.07) is 0. The molecule has 0 bridgehead atoms. The van der Waals surface area contributed by atoms with Gasteiger partial charge in [-0.1, -0.05) is 72.0 Å². The Bertz CT molecular complexity index is 655. The van der Waals surface area contributed by atoms with Gasteiger partial charge in [0, 0.05) is 5.41 Å². The van der Waals surface area contributed by atoms with Crippen molar-refractivity contribution >= 4 is 0 Å². The van der Waals surface area contributed by atoms with Crippen molar-refractivity contribution < 1.29 is 5.11 Å². The summed E-state index contributed by atoms with van der Waals surface area (Å²) in [6.45, 7) is 12.2. The van der Waals surface area contributed by atoms with Gasteiger partial charge in [0.05, 0.1) is 6.10 Å². The van der Waals surface area contributed by atoms with E-state index < -0.39 is 0 Å². The van der Waals surface area contributed by atoms with Crippen molar-refractivity contribution in [3.8, 4) is 0 Å². The Morgan fingerprint density at radius 3 is 2.61 bits per heavy atom. The number of allylic oxidation sites excluding steroid dienone is 3. The monoisotopic (exact) mass is 384 g/mol. The van der Waals surface area contributed by atoms with Gasteiger partial charge >= 0.3 is 0 Å². The predicted molar refractivity (Wildman–Crippen MR) is 119 cm³/mol. The van der Waals surface area contributed by atoms with E-state index in [2.05, 4.69) is 40.7 Å². The molecule has 0 aromatic rings. The largest absolute Gasteiger partial charge is 0.392 e. The summed E-state index contributed by atoms with van der Waals surface area (Å²) < 4.78 is 0. The van der Waals surface area contributed by atoms with Gasteiger partial charge in [0.1, 0.15) is 0 Å². The molecule has 1 fully saturated rings. The Morgan fingerprint density at radius 2 is 1.86 bits per heavy atom. The maximum atomic E-state index is 11.0. The zero-order valence-electron chi connectivity index (χ0n) is 19.2. The molecule has 0 radical (unpaired) electrons. The van der Waals surface area contributed by atoms with Gasteiger partial charge in [-0.2, -0.15) is 0 Å². The molecule has 1 saturated carbocycles. The third-order valence-corrected chi connectivity index (χ3v) is 9.68. The van der Waals surface area contributed by atoms with Gasteiger partial charge in [0.2, 0.25) is 0 Å². The highest BCUT2D eigenvalue weighted by Gasteiger charge is 2.54. The smallest absolute Gasteiger partial charge is 0.0633 e. The van der Waals surface area contributed by atoms with E-state index in [4.69, 9.17) is 0 Å². The van der Waals surface area contributed by atoms with Crippen LogP contribution in [0.1, 0.15) is 105 Å². The fourth-order valence-electron chi connectivity index (χ4n) is 7.85. The van der Waals surface area contributed by atoms with Crippen LogP contribution in [0.4, 0.5) is 0 Å². The molecule has 0 amide bonds. The highest BCUT2D eigenvalue weighted by molar-refractivity contribution is 5.49. The summed E-state index contributed by atoms with van der Waals surface area (Å²) in [5.74, 6) is 3.20. The molecule has 0 heterocycles. The van der Waals surface area contributed by atoms with E-state index in [9.17, 15) is 5.11 Å². The fraction of sp³-hybridized carbons (Fsp3) is 0.852. The maximum Gasteiger partial charge on any atom is 0.0633 e. The highest BCUT2D eigenvalue weighted by Crippen LogP contribution is 2.64. The summed E-state index contributed by atoms with van der Waals surface area (Å²) >= 11 is 0. The van der Waals surface area contributed by atoms with Crippen LogP contribution in [0.2, 0.25) is 0 Å². The van der Waals surface area contributed by atoms with Crippen molar-refractivity contribution in [2.75, 3.05) is 0 Å². The second kappa shape index (κ2) is 7.60. The molecule has 4 rings (SSSR count). The Kier molecular flexibility index (Phi) is 5.62. The third-order valence-electron chi connectivity index (χ3n) is 9.68. The molecule has 4 aliphatic carbocycles. The molecule has 6 atom stereocenters. The van der Waals surface area contributed by atoms with Gasteiger partial charge in [0.15, 0.2) is 0 Å². The lowest BCUT2D eigenvalue weighted by molar-refractivity contribution is -0.0304. The van der Waals surface area contributed by atoms with Crippen molar-refractivity contribution in [3.05, 3.63) is 22.8 Å². The molecular formula is C27H44O. The van der Waals surface area contributed by atoms with Crippen LogP contribution in [-0.4, -0.2) is 11.2 Å². The molecule has 0 aromatic heterocycles. The van der Waals surface area contributed by atoms with Crippen molar-refractivity contribution in [2.24, 2.45) is 34.5 Å². The van der Waals surface area contributed by atoms with E-state index in [1.165, 1.54) is 64.2 Å². The molecule has 0 aliphatic heterocycles. The van der Waals surface area contributed by atoms with Crippen LogP contribution >= 0.6 is 0 Å². The number of fused-ring (bicyclic) bond motifs is 4. The number of aliphatic hydroxyl groups excluding tert-OH is 1. The predicted octanol–water partition coefficient (Wildman–Crippen LogP) is 7.45. The Labute approximate surface area is 174 Å². The average Bonchev–Trinajstić information content (AvgIpc) is 3.00. The molecule has 0 saturated heterocycles. The minimum atomic E-state index is -0.117. The summed E-state index contributed by atoms with van der Waals surface area (Å²) in [7, 11) is 0. The summed E-state index contributed by atoms with van der Waals surface area (Å²) in [5, 5.41) is 11.0. The highest BCUT2D eigenvalue weighted by atomic mass is 16.3. The second-order valence-corrected chi connectivity index (χ2v) is 11.6. The quantitative estimate of drug-likeness (QED) is 0.521. The van der Waals surface area contributed by atoms with Crippen LogP contribution in [0.15, 0.2) is 22.8 Å². The minimum Gasteiger partial charge on any atom is -0.392 e. The second-order valence-electron chi connectivity index (χ2n) is 11.6. The third kappa shape index (κ3) is 3.15. The van der Waals surface area contributed by atoms with Gasteiger partial charge in [0.25, 0.3) is 0 Å². The summed E-state index contributed by atoms with van der Waals surface area (Å²) in [6.07, 6.45) is 16.7. The lowest BCUT2D eigenvalue weighted by Crippen LogP contribution is -2.48. The van der Waals surface area contributed by atoms with Gasteiger partial charge in [-0.25, -0.2) is 0 Å². The Balaban J connectivity index is 1.57. The van der Waals surface area contributed by atoms with E-state index in [-0.39, 0.29) is 11.5 Å². The first-order valence-corrected chi connectivity index (χ1v) is 12.4. The molecule has 0 aromatic carbocycles. The average molecular weight is 385 g/mol. The van der Waals surface area contributed by atoms with Gasteiger partial charge in [-0.3, -0.25) is 0 Å². The number of aliphatic hydroxyl groups is 1. The Hall–Kier alpha value is -0.560. The SMILES string of the molecule is CC(C)CCC[C@@H](C)[C@H]1CC=C2C3=C(CC[C@@]21C)[C@@]1(C)C(O)CCCC1CC3. The van der Waals surface area contributed by atoms with Crippen LogP contribution < -0.4 is 0 Å². The molecule has 1 N–H and O–H groups in total. The normalized spacial score (nSPS) is 41.4. The van der Waals surface area contributed by atoms with Gasteiger partial charge < -0.3 is 5.11 Å². The zero-order valence-corrected chi connectivity index (χ0v) is 19.2. The molecule has 4 aliphatic rings. The van der Waals surface area contributed by atoms with Crippen molar-refractivity contribution in [2.45, 2.75) is 111 Å². The molecule has 2 unspecified atom stereocenters. The summed E-state index contributed by atoms with van der Waals surface area (Å²) in [5.41, 5.74) is 5.54. The van der Waals surface area contributed by atoms with Gasteiger partial charge in [-0.15, -0.1) is 0 Å².